The van der Waals surface area contributed by atoms with E-state index in [1.54, 1.807) is 12.1 Å². The van der Waals surface area contributed by atoms with Crippen LogP contribution in [0.3, 0.4) is 0 Å². The maximum Gasteiger partial charge on any atom is 0.273 e. The fourth-order valence-electron chi connectivity index (χ4n) is 1.23. The minimum atomic E-state index is -2.84. The summed E-state index contributed by atoms with van der Waals surface area (Å²) in [4.78, 5) is 0. The summed E-state index contributed by atoms with van der Waals surface area (Å²) >= 11 is 3.19. The molecule has 0 aliphatic heterocycles. The molecule has 0 atom stereocenters. The monoisotopic (exact) mass is 273 g/mol. The number of hydrogen-bond donors (Lipinski definition) is 0. The van der Waals surface area contributed by atoms with Crippen molar-refractivity contribution in [2.45, 2.75) is 25.2 Å². The van der Waals surface area contributed by atoms with E-state index in [-0.39, 0.29) is 24.8 Å². The molecule has 0 saturated carbocycles. The quantitative estimate of drug-likeness (QED) is 0.753. The predicted molar refractivity (Wildman–Crippen MR) is 57.5 cm³/mol. The number of halogens is 3. The molecule has 4 heteroatoms. The molecule has 1 nitrogen and oxygen atoms in total. The van der Waals surface area contributed by atoms with Crippen molar-refractivity contribution in [1.82, 2.24) is 0 Å². The van der Waals surface area contributed by atoms with Gasteiger partial charge < -0.3 is 0 Å². The average molecular weight is 274 g/mol. The molecule has 0 radical (unpaired) electrons. The lowest BCUT2D eigenvalue weighted by atomic mass is 10.0. The molecule has 0 heterocycles. The smallest absolute Gasteiger partial charge is 0.201 e. The van der Waals surface area contributed by atoms with Crippen molar-refractivity contribution in [3.8, 4) is 6.07 Å². The second kappa shape index (κ2) is 5.22. The Balaban J connectivity index is 2.68. The van der Waals surface area contributed by atoms with E-state index in [4.69, 9.17) is 5.26 Å². The highest BCUT2D eigenvalue weighted by molar-refractivity contribution is 9.10. The van der Waals surface area contributed by atoms with E-state index in [0.717, 1.165) is 4.47 Å². The van der Waals surface area contributed by atoms with Crippen LogP contribution in [0.4, 0.5) is 8.78 Å². The van der Waals surface area contributed by atoms with Gasteiger partial charge >= 0.3 is 0 Å². The fraction of sp³-hybridized carbons (Fsp3) is 0.364. The molecule has 1 aromatic carbocycles. The Morgan fingerprint density at radius 2 is 1.87 bits per heavy atom. The predicted octanol–water partition coefficient (Wildman–Crippen LogP) is 4.23. The molecule has 0 N–H and O–H groups in total. The van der Waals surface area contributed by atoms with Crippen LogP contribution in [-0.4, -0.2) is 0 Å². The molecule has 0 spiro atoms. The first kappa shape index (κ1) is 12.1. The van der Waals surface area contributed by atoms with Gasteiger partial charge in [-0.3, -0.25) is 0 Å². The van der Waals surface area contributed by atoms with E-state index in [1.807, 2.05) is 6.07 Å². The minimum Gasteiger partial charge on any atom is -0.201 e. The first-order chi connectivity index (χ1) is 7.06. The Bertz CT molecular complexity index is 354. The molecule has 0 fully saturated rings. The molecule has 0 bridgehead atoms. The van der Waals surface area contributed by atoms with Gasteiger partial charge in [0.05, 0.1) is 6.07 Å². The summed E-state index contributed by atoms with van der Waals surface area (Å²) in [5.41, 5.74) is 0.00337. The minimum absolute atomic E-state index is 0.00337. The van der Waals surface area contributed by atoms with Gasteiger partial charge in [0.2, 0.25) is 0 Å². The average Bonchev–Trinajstić information content (AvgIpc) is 2.18. The zero-order chi connectivity index (χ0) is 11.3. The molecule has 0 saturated heterocycles. The standard InChI is InChI=1S/C11H10BrF2N/c12-10-5-3-9(4-6-10)11(13,14)7-1-2-8-15/h3-6H,1-2,7H2. The van der Waals surface area contributed by atoms with Crippen LogP contribution in [0.5, 0.6) is 0 Å². The number of nitrogens with zero attached hydrogens (tertiary/aromatic N) is 1. The Morgan fingerprint density at radius 1 is 1.27 bits per heavy atom. The van der Waals surface area contributed by atoms with Crippen molar-refractivity contribution in [2.75, 3.05) is 0 Å². The number of rotatable bonds is 4. The van der Waals surface area contributed by atoms with Crippen molar-refractivity contribution >= 4 is 15.9 Å². The maximum absolute atomic E-state index is 13.5. The third kappa shape index (κ3) is 3.60. The summed E-state index contributed by atoms with van der Waals surface area (Å²) in [7, 11) is 0. The molecule has 0 aromatic heterocycles. The summed E-state index contributed by atoms with van der Waals surface area (Å²) in [6, 6.07) is 7.84. The summed E-state index contributed by atoms with van der Waals surface area (Å²) in [5.74, 6) is -2.84. The fourth-order valence-corrected chi connectivity index (χ4v) is 1.49. The molecule has 0 aliphatic rings. The molecule has 1 rings (SSSR count). The van der Waals surface area contributed by atoms with Gasteiger partial charge in [-0.25, -0.2) is 8.78 Å². The number of benzene rings is 1. The van der Waals surface area contributed by atoms with E-state index >= 15 is 0 Å². The van der Waals surface area contributed by atoms with E-state index in [9.17, 15) is 8.78 Å². The molecule has 0 unspecified atom stereocenters. The maximum atomic E-state index is 13.5. The molecule has 1 aromatic rings. The third-order valence-electron chi connectivity index (χ3n) is 2.05. The highest BCUT2D eigenvalue weighted by Crippen LogP contribution is 2.33. The number of hydrogen-bond acceptors (Lipinski definition) is 1. The normalized spacial score (nSPS) is 11.1. The van der Waals surface area contributed by atoms with Crippen molar-refractivity contribution < 1.29 is 8.78 Å². The molecule has 0 amide bonds. The summed E-state index contributed by atoms with van der Waals surface area (Å²) in [6.07, 6.45) is 0.119. The van der Waals surface area contributed by atoms with Crippen molar-refractivity contribution in [1.29, 1.82) is 5.26 Å². The van der Waals surface area contributed by atoms with Crippen LogP contribution in [0.2, 0.25) is 0 Å². The Labute approximate surface area is 95.8 Å². The highest BCUT2D eigenvalue weighted by atomic mass is 79.9. The largest absolute Gasteiger partial charge is 0.273 e. The Hall–Kier alpha value is -0.950. The van der Waals surface area contributed by atoms with Gasteiger partial charge in [-0.15, -0.1) is 0 Å². The van der Waals surface area contributed by atoms with Gasteiger partial charge in [0.25, 0.3) is 5.92 Å². The van der Waals surface area contributed by atoms with Gasteiger partial charge in [0, 0.05) is 22.9 Å². The Kier molecular flexibility index (Phi) is 4.22. The van der Waals surface area contributed by atoms with E-state index in [0.29, 0.717) is 0 Å². The Morgan fingerprint density at radius 3 is 2.40 bits per heavy atom. The summed E-state index contributed by atoms with van der Waals surface area (Å²) < 4.78 is 27.7. The van der Waals surface area contributed by atoms with Crippen LogP contribution < -0.4 is 0 Å². The zero-order valence-corrected chi connectivity index (χ0v) is 9.60. The van der Waals surface area contributed by atoms with Crippen LogP contribution >= 0.6 is 15.9 Å². The van der Waals surface area contributed by atoms with Gasteiger partial charge in [-0.2, -0.15) is 5.26 Å². The van der Waals surface area contributed by atoms with E-state index in [2.05, 4.69) is 15.9 Å². The van der Waals surface area contributed by atoms with Gasteiger partial charge in [-0.1, -0.05) is 28.1 Å². The summed E-state index contributed by atoms with van der Waals surface area (Å²) in [6.45, 7) is 0. The lowest BCUT2D eigenvalue weighted by molar-refractivity contribution is -0.0149. The van der Waals surface area contributed by atoms with Crippen LogP contribution in [0.15, 0.2) is 28.7 Å². The van der Waals surface area contributed by atoms with Gasteiger partial charge in [0.15, 0.2) is 0 Å². The SMILES string of the molecule is N#CCCCC(F)(F)c1ccc(Br)cc1. The van der Waals surface area contributed by atoms with Crippen LogP contribution in [0, 0.1) is 11.3 Å². The molecular formula is C11H10BrF2N. The van der Waals surface area contributed by atoms with Gasteiger partial charge in [0.1, 0.15) is 0 Å². The van der Waals surface area contributed by atoms with Crippen LogP contribution in [0.1, 0.15) is 24.8 Å². The van der Waals surface area contributed by atoms with Crippen molar-refractivity contribution in [2.24, 2.45) is 0 Å². The third-order valence-corrected chi connectivity index (χ3v) is 2.57. The topological polar surface area (TPSA) is 23.8 Å². The lowest BCUT2D eigenvalue weighted by Crippen LogP contribution is -2.12. The first-order valence-electron chi connectivity index (χ1n) is 4.57. The van der Waals surface area contributed by atoms with Crippen molar-refractivity contribution in [3.05, 3.63) is 34.3 Å². The van der Waals surface area contributed by atoms with Crippen LogP contribution in [0.25, 0.3) is 0 Å². The highest BCUT2D eigenvalue weighted by Gasteiger charge is 2.30. The number of unbranched alkanes of at least 4 members (excludes halogenated alkanes) is 1. The van der Waals surface area contributed by atoms with E-state index < -0.39 is 5.92 Å². The van der Waals surface area contributed by atoms with Gasteiger partial charge in [-0.05, 0) is 18.6 Å². The zero-order valence-electron chi connectivity index (χ0n) is 8.01. The molecular weight excluding hydrogens is 264 g/mol. The summed E-state index contributed by atoms with van der Waals surface area (Å²) in [5, 5.41) is 8.27. The molecule has 0 aliphatic carbocycles. The molecule has 80 valence electrons. The molecule has 15 heavy (non-hydrogen) atoms. The lowest BCUT2D eigenvalue weighted by Gasteiger charge is -2.15. The second-order valence-corrected chi connectivity index (χ2v) is 4.14. The van der Waals surface area contributed by atoms with E-state index in [1.165, 1.54) is 12.1 Å². The van der Waals surface area contributed by atoms with Crippen molar-refractivity contribution in [3.63, 3.8) is 0 Å². The van der Waals surface area contributed by atoms with Crippen LogP contribution in [-0.2, 0) is 5.92 Å². The number of alkyl halides is 2. The first-order valence-corrected chi connectivity index (χ1v) is 5.36. The second-order valence-electron chi connectivity index (χ2n) is 3.22. The number of nitriles is 1.